The van der Waals surface area contributed by atoms with E-state index in [0.717, 1.165) is 25.2 Å². The first-order valence-electron chi connectivity index (χ1n) is 11.0. The fourth-order valence-corrected chi connectivity index (χ4v) is 9.35. The molecule has 0 aromatic heterocycles. The van der Waals surface area contributed by atoms with Crippen molar-refractivity contribution in [1.82, 2.24) is 10.3 Å². The predicted molar refractivity (Wildman–Crippen MR) is 131 cm³/mol. The molecule has 156 valence electrons. The van der Waals surface area contributed by atoms with Crippen LogP contribution in [0.4, 0.5) is 5.69 Å². The quantitative estimate of drug-likeness (QED) is 0.619. The second kappa shape index (κ2) is 7.59. The van der Waals surface area contributed by atoms with Crippen LogP contribution in [0, 0.1) is 5.41 Å². The Morgan fingerprint density at radius 2 is 1.53 bits per heavy atom. The maximum absolute atomic E-state index is 6.71. The van der Waals surface area contributed by atoms with E-state index in [2.05, 4.69) is 95.7 Å². The van der Waals surface area contributed by atoms with Gasteiger partial charge in [0, 0.05) is 24.1 Å². The molecule has 5 rings (SSSR count). The molecule has 1 atom stereocenters. The van der Waals surface area contributed by atoms with Crippen LogP contribution in [0.2, 0.25) is 0 Å². The maximum atomic E-state index is 6.71. The highest BCUT2D eigenvalue weighted by Gasteiger charge is 2.47. The standard InChI is InChI=1S/C25H30N3PS/c1-25(2)18-22-24(23(19-25)27-16-10-5-11-17-27)29(30,21-14-8-4-9-15-21)28(26-22)20-12-6-3-7-13-20/h3-4,6-9,12-15,18,26H,5,10-11,16-17,19H2,1-2H3/t29-/m0/s1. The first-order valence-corrected chi connectivity index (χ1v) is 13.7. The Morgan fingerprint density at radius 1 is 0.900 bits per heavy atom. The Morgan fingerprint density at radius 3 is 2.20 bits per heavy atom. The molecule has 0 amide bonds. The van der Waals surface area contributed by atoms with Gasteiger partial charge in [-0.2, -0.15) is 0 Å². The summed E-state index contributed by atoms with van der Waals surface area (Å²) >= 11 is 6.71. The normalized spacial score (nSPS) is 25.6. The largest absolute Gasteiger partial charge is 0.374 e. The van der Waals surface area contributed by atoms with E-state index in [-0.39, 0.29) is 5.41 Å². The van der Waals surface area contributed by atoms with Crippen LogP contribution in [-0.2, 0) is 11.8 Å². The average Bonchev–Trinajstić information content (AvgIpc) is 3.07. The van der Waals surface area contributed by atoms with E-state index >= 15 is 0 Å². The summed E-state index contributed by atoms with van der Waals surface area (Å²) in [4.78, 5) is 2.65. The SMILES string of the molecule is CC1(C)C=C2NN(c3ccccc3)[P@](=S)(c3ccccc3)C2=C(N2CCCCC2)C1. The molecule has 30 heavy (non-hydrogen) atoms. The average molecular weight is 436 g/mol. The summed E-state index contributed by atoms with van der Waals surface area (Å²) < 4.78 is 2.31. The van der Waals surface area contributed by atoms with E-state index in [4.69, 9.17) is 11.8 Å². The van der Waals surface area contributed by atoms with Crippen molar-refractivity contribution in [3.63, 3.8) is 0 Å². The van der Waals surface area contributed by atoms with E-state index < -0.39 is 6.19 Å². The van der Waals surface area contributed by atoms with Gasteiger partial charge < -0.3 is 4.90 Å². The lowest BCUT2D eigenvalue weighted by Crippen LogP contribution is -2.34. The van der Waals surface area contributed by atoms with E-state index in [1.807, 2.05) is 0 Å². The number of para-hydroxylation sites is 1. The fourth-order valence-electron chi connectivity index (χ4n) is 4.99. The van der Waals surface area contributed by atoms with Crippen LogP contribution in [0.1, 0.15) is 39.5 Å². The van der Waals surface area contributed by atoms with Gasteiger partial charge in [0.2, 0.25) is 0 Å². The van der Waals surface area contributed by atoms with Crippen molar-refractivity contribution in [2.75, 3.05) is 17.9 Å². The summed E-state index contributed by atoms with van der Waals surface area (Å²) in [6.45, 7) is 6.99. The zero-order chi connectivity index (χ0) is 20.8. The Balaban J connectivity index is 1.75. The molecule has 0 saturated carbocycles. The van der Waals surface area contributed by atoms with Gasteiger partial charge in [-0.3, -0.25) is 10.2 Å². The Kier molecular flexibility index (Phi) is 5.03. The van der Waals surface area contributed by atoms with Gasteiger partial charge in [-0.1, -0.05) is 80.3 Å². The van der Waals surface area contributed by atoms with E-state index in [9.17, 15) is 0 Å². The number of benzene rings is 2. The number of piperidine rings is 1. The van der Waals surface area contributed by atoms with Crippen LogP contribution in [0.15, 0.2) is 83.4 Å². The number of anilines is 1. The van der Waals surface area contributed by atoms with Crippen LogP contribution >= 0.6 is 6.19 Å². The summed E-state index contributed by atoms with van der Waals surface area (Å²) in [7, 11) is 0. The minimum absolute atomic E-state index is 0.113. The van der Waals surface area contributed by atoms with Crippen LogP contribution in [0.25, 0.3) is 0 Å². The third kappa shape index (κ3) is 3.31. The summed E-state index contributed by atoms with van der Waals surface area (Å²) in [5.41, 5.74) is 7.74. The zero-order valence-electron chi connectivity index (χ0n) is 17.8. The van der Waals surface area contributed by atoms with Crippen LogP contribution in [-0.4, -0.2) is 18.0 Å². The second-order valence-electron chi connectivity index (χ2n) is 9.24. The third-order valence-electron chi connectivity index (χ3n) is 6.34. The van der Waals surface area contributed by atoms with Crippen molar-refractivity contribution >= 4 is 29.0 Å². The maximum Gasteiger partial charge on any atom is 0.116 e. The number of hydrogen-bond acceptors (Lipinski definition) is 3. The van der Waals surface area contributed by atoms with Crippen molar-refractivity contribution in [2.45, 2.75) is 39.5 Å². The number of nitrogens with one attached hydrogen (secondary N) is 1. The summed E-state index contributed by atoms with van der Waals surface area (Å²) in [5.74, 6) is 0. The topological polar surface area (TPSA) is 18.5 Å². The first-order chi connectivity index (χ1) is 14.5. The van der Waals surface area contributed by atoms with Gasteiger partial charge in [0.1, 0.15) is 6.19 Å². The van der Waals surface area contributed by atoms with Gasteiger partial charge in [-0.25, -0.2) is 0 Å². The molecule has 2 heterocycles. The molecule has 0 spiro atoms. The Labute approximate surface area is 185 Å². The molecular formula is C25H30N3PS. The summed E-state index contributed by atoms with van der Waals surface area (Å²) in [6, 6.07) is 21.4. The number of nitrogens with zero attached hydrogens (tertiary/aromatic N) is 2. The highest BCUT2D eigenvalue weighted by molar-refractivity contribution is 8.21. The number of allylic oxidation sites excluding steroid dienone is 3. The number of fused-ring (bicyclic) bond motifs is 1. The number of hydrazine groups is 1. The van der Waals surface area contributed by atoms with Gasteiger partial charge in [-0.15, -0.1) is 0 Å². The van der Waals surface area contributed by atoms with Crippen molar-refractivity contribution in [2.24, 2.45) is 5.41 Å². The molecule has 0 radical (unpaired) electrons. The van der Waals surface area contributed by atoms with Crippen LogP contribution in [0.3, 0.4) is 0 Å². The van der Waals surface area contributed by atoms with E-state index in [0.29, 0.717) is 0 Å². The summed E-state index contributed by atoms with van der Waals surface area (Å²) in [5, 5.41) is 2.64. The van der Waals surface area contributed by atoms with Crippen molar-refractivity contribution in [1.29, 1.82) is 0 Å². The third-order valence-corrected chi connectivity index (χ3v) is 11.0. The predicted octanol–water partition coefficient (Wildman–Crippen LogP) is 5.74. The lowest BCUT2D eigenvalue weighted by atomic mass is 9.82. The molecule has 2 fully saturated rings. The molecule has 2 saturated heterocycles. The van der Waals surface area contributed by atoms with Gasteiger partial charge in [0.25, 0.3) is 0 Å². The molecule has 0 bridgehead atoms. The van der Waals surface area contributed by atoms with Crippen LogP contribution in [0.5, 0.6) is 0 Å². The van der Waals surface area contributed by atoms with Gasteiger partial charge in [0.05, 0.1) is 16.7 Å². The molecule has 2 aromatic carbocycles. The van der Waals surface area contributed by atoms with Gasteiger partial charge in [0.15, 0.2) is 0 Å². The summed E-state index contributed by atoms with van der Waals surface area (Å²) in [6.07, 6.45) is 5.13. The zero-order valence-corrected chi connectivity index (χ0v) is 19.6. The smallest absolute Gasteiger partial charge is 0.116 e. The molecular weight excluding hydrogens is 405 g/mol. The lowest BCUT2D eigenvalue weighted by Gasteiger charge is -2.39. The first kappa shape index (κ1) is 19.9. The molecule has 5 heteroatoms. The Bertz CT molecular complexity index is 1040. The molecule has 1 N–H and O–H groups in total. The van der Waals surface area contributed by atoms with Crippen molar-refractivity contribution in [3.8, 4) is 0 Å². The molecule has 3 aliphatic rings. The lowest BCUT2D eigenvalue weighted by molar-refractivity contribution is 0.254. The number of likely N-dealkylation sites (tertiary alicyclic amines) is 1. The monoisotopic (exact) mass is 435 g/mol. The van der Waals surface area contributed by atoms with Gasteiger partial charge in [-0.05, 0) is 43.2 Å². The highest BCUT2D eigenvalue weighted by Crippen LogP contribution is 2.66. The molecule has 0 unspecified atom stereocenters. The van der Waals surface area contributed by atoms with Crippen LogP contribution < -0.4 is 15.5 Å². The molecule has 2 aromatic rings. The molecule has 1 aliphatic carbocycles. The number of hydrogen-bond donors (Lipinski definition) is 1. The van der Waals surface area contributed by atoms with E-state index in [1.165, 1.54) is 41.3 Å². The molecule has 3 nitrogen and oxygen atoms in total. The highest BCUT2D eigenvalue weighted by atomic mass is 32.4. The van der Waals surface area contributed by atoms with Gasteiger partial charge >= 0.3 is 0 Å². The second-order valence-corrected chi connectivity index (χ2v) is 13.3. The van der Waals surface area contributed by atoms with Crippen molar-refractivity contribution < 1.29 is 0 Å². The minimum Gasteiger partial charge on any atom is -0.374 e. The van der Waals surface area contributed by atoms with Crippen molar-refractivity contribution in [3.05, 3.63) is 83.4 Å². The fraction of sp³-hybridized carbons (Fsp3) is 0.360. The molecule has 2 aliphatic heterocycles. The van der Waals surface area contributed by atoms with E-state index in [1.54, 1.807) is 0 Å². The minimum atomic E-state index is -2.24. The Hall–Kier alpha value is -2.03. The number of rotatable bonds is 3.